The van der Waals surface area contributed by atoms with E-state index in [1.165, 1.54) is 12.3 Å². The van der Waals surface area contributed by atoms with Gasteiger partial charge in [-0.2, -0.15) is 0 Å². The van der Waals surface area contributed by atoms with E-state index in [1.807, 2.05) is 13.0 Å². The van der Waals surface area contributed by atoms with Gasteiger partial charge in [-0.15, -0.1) is 0 Å². The number of sulfonamides is 1. The summed E-state index contributed by atoms with van der Waals surface area (Å²) in [7, 11) is -3.83. The van der Waals surface area contributed by atoms with Crippen molar-refractivity contribution >= 4 is 33.2 Å². The minimum atomic E-state index is -3.83. The van der Waals surface area contributed by atoms with Crippen molar-refractivity contribution in [2.45, 2.75) is 31.6 Å². The van der Waals surface area contributed by atoms with Crippen LogP contribution in [0, 0.1) is 13.8 Å². The second-order valence-electron chi connectivity index (χ2n) is 7.34. The van der Waals surface area contributed by atoms with Gasteiger partial charge in [0.2, 0.25) is 5.91 Å². The zero-order valence-corrected chi connectivity index (χ0v) is 18.7. The molecule has 0 bridgehead atoms. The molecule has 0 atom stereocenters. The molecule has 0 radical (unpaired) electrons. The van der Waals surface area contributed by atoms with Crippen LogP contribution in [0.15, 0.2) is 70.2 Å². The van der Waals surface area contributed by atoms with Crippen LogP contribution in [0.2, 0.25) is 0 Å². The number of amides is 2. The number of hydrogen-bond acceptors (Lipinski definition) is 5. The number of benzene rings is 2. The van der Waals surface area contributed by atoms with E-state index in [-0.39, 0.29) is 28.9 Å². The fraction of sp³-hybridized carbons (Fsp3) is 0.217. The number of hydrogen-bond donors (Lipinski definition) is 3. The van der Waals surface area contributed by atoms with Crippen LogP contribution in [0.5, 0.6) is 0 Å². The van der Waals surface area contributed by atoms with Gasteiger partial charge in [0.1, 0.15) is 0 Å². The standard InChI is InChI=1S/C23H25N3O5S/c1-16-6-3-7-19(14-16)26-32(29,30)21-15-18(11-10-17(21)2)25-22(27)9-4-12-24-23(28)20-8-5-13-31-20/h3,5-8,10-11,13-15,26H,4,9,12H2,1-2H3,(H,24,28)(H,25,27). The maximum atomic E-state index is 12.9. The van der Waals surface area contributed by atoms with Crippen molar-refractivity contribution in [3.8, 4) is 0 Å². The highest BCUT2D eigenvalue weighted by Crippen LogP contribution is 2.23. The van der Waals surface area contributed by atoms with Gasteiger partial charge < -0.3 is 15.1 Å². The Morgan fingerprint density at radius 2 is 1.78 bits per heavy atom. The third-order valence-corrected chi connectivity index (χ3v) is 6.17. The average molecular weight is 456 g/mol. The van der Waals surface area contributed by atoms with Crippen molar-refractivity contribution in [1.29, 1.82) is 0 Å². The second kappa shape index (κ2) is 10.1. The number of carbonyl (C=O) groups excluding carboxylic acids is 2. The minimum Gasteiger partial charge on any atom is -0.459 e. The van der Waals surface area contributed by atoms with Crippen LogP contribution in [-0.2, 0) is 14.8 Å². The topological polar surface area (TPSA) is 118 Å². The zero-order valence-electron chi connectivity index (χ0n) is 17.8. The summed E-state index contributed by atoms with van der Waals surface area (Å²) >= 11 is 0. The summed E-state index contributed by atoms with van der Waals surface area (Å²) in [6, 6.07) is 15.0. The van der Waals surface area contributed by atoms with Crippen LogP contribution >= 0.6 is 0 Å². The third-order valence-electron chi connectivity index (χ3n) is 4.64. The lowest BCUT2D eigenvalue weighted by Gasteiger charge is -2.13. The summed E-state index contributed by atoms with van der Waals surface area (Å²) in [5.74, 6) is -0.414. The molecule has 2 amide bonds. The number of furan rings is 1. The van der Waals surface area contributed by atoms with Crippen molar-refractivity contribution in [2.75, 3.05) is 16.6 Å². The first-order chi connectivity index (χ1) is 15.2. The Balaban J connectivity index is 1.57. The summed E-state index contributed by atoms with van der Waals surface area (Å²) in [6.07, 6.45) is 1.99. The lowest BCUT2D eigenvalue weighted by atomic mass is 10.2. The number of carbonyl (C=O) groups is 2. The highest BCUT2D eigenvalue weighted by atomic mass is 32.2. The third kappa shape index (κ3) is 6.21. The Labute approximate surface area is 187 Å². The summed E-state index contributed by atoms with van der Waals surface area (Å²) in [5, 5.41) is 5.38. The van der Waals surface area contributed by atoms with Crippen molar-refractivity contribution in [3.63, 3.8) is 0 Å². The maximum absolute atomic E-state index is 12.9. The molecule has 0 saturated carbocycles. The molecule has 0 saturated heterocycles. The molecule has 3 aromatic rings. The molecule has 8 nitrogen and oxygen atoms in total. The van der Waals surface area contributed by atoms with E-state index in [1.54, 1.807) is 49.4 Å². The Hall–Kier alpha value is -3.59. The fourth-order valence-corrected chi connectivity index (χ4v) is 4.38. The minimum absolute atomic E-state index is 0.0857. The van der Waals surface area contributed by atoms with Gasteiger partial charge in [0.05, 0.1) is 11.2 Å². The molecule has 0 unspecified atom stereocenters. The molecule has 0 aliphatic rings. The highest BCUT2D eigenvalue weighted by molar-refractivity contribution is 7.92. The lowest BCUT2D eigenvalue weighted by Crippen LogP contribution is -2.25. The van der Waals surface area contributed by atoms with Gasteiger partial charge in [0.25, 0.3) is 15.9 Å². The monoisotopic (exact) mass is 455 g/mol. The van der Waals surface area contributed by atoms with Gasteiger partial charge in [0.15, 0.2) is 5.76 Å². The molecular weight excluding hydrogens is 430 g/mol. The van der Waals surface area contributed by atoms with Crippen LogP contribution in [0.4, 0.5) is 11.4 Å². The van der Waals surface area contributed by atoms with Crippen LogP contribution in [0.3, 0.4) is 0 Å². The first kappa shape index (κ1) is 23.1. The van der Waals surface area contributed by atoms with Crippen molar-refractivity contribution in [2.24, 2.45) is 0 Å². The van der Waals surface area contributed by atoms with Crippen molar-refractivity contribution < 1.29 is 22.4 Å². The van der Waals surface area contributed by atoms with Crippen LogP contribution in [-0.4, -0.2) is 26.8 Å². The molecule has 0 spiro atoms. The smallest absolute Gasteiger partial charge is 0.286 e. The van der Waals surface area contributed by atoms with Crippen LogP contribution in [0.1, 0.15) is 34.5 Å². The highest BCUT2D eigenvalue weighted by Gasteiger charge is 2.18. The van der Waals surface area contributed by atoms with E-state index in [0.717, 1.165) is 5.56 Å². The summed E-state index contributed by atoms with van der Waals surface area (Å²) in [6.45, 7) is 3.88. The summed E-state index contributed by atoms with van der Waals surface area (Å²) < 4.78 is 33.3. The molecular formula is C23H25N3O5S. The molecule has 3 rings (SSSR count). The normalized spacial score (nSPS) is 11.1. The van der Waals surface area contributed by atoms with E-state index in [4.69, 9.17) is 4.42 Å². The fourth-order valence-electron chi connectivity index (χ4n) is 3.06. The first-order valence-electron chi connectivity index (χ1n) is 10.1. The lowest BCUT2D eigenvalue weighted by molar-refractivity contribution is -0.116. The van der Waals surface area contributed by atoms with E-state index in [0.29, 0.717) is 29.9 Å². The second-order valence-corrected chi connectivity index (χ2v) is 8.99. The van der Waals surface area contributed by atoms with Crippen LogP contribution in [0.25, 0.3) is 0 Å². The molecule has 1 heterocycles. The first-order valence-corrected chi connectivity index (χ1v) is 11.5. The predicted molar refractivity (Wildman–Crippen MR) is 122 cm³/mol. The van der Waals surface area contributed by atoms with Gasteiger partial charge in [-0.25, -0.2) is 8.42 Å². The molecule has 2 aromatic carbocycles. The van der Waals surface area contributed by atoms with Gasteiger partial charge in [-0.3, -0.25) is 14.3 Å². The average Bonchev–Trinajstić information content (AvgIpc) is 3.27. The Bertz CT molecular complexity index is 1200. The van der Waals surface area contributed by atoms with E-state index >= 15 is 0 Å². The molecule has 0 aliphatic heterocycles. The largest absolute Gasteiger partial charge is 0.459 e. The van der Waals surface area contributed by atoms with E-state index < -0.39 is 10.0 Å². The zero-order chi connectivity index (χ0) is 23.1. The molecule has 3 N–H and O–H groups in total. The van der Waals surface area contributed by atoms with Crippen LogP contribution < -0.4 is 15.4 Å². The van der Waals surface area contributed by atoms with Gasteiger partial charge in [-0.05, 0) is 67.8 Å². The SMILES string of the molecule is Cc1cccc(NS(=O)(=O)c2cc(NC(=O)CCCNC(=O)c3ccco3)ccc2C)c1. The summed E-state index contributed by atoms with van der Waals surface area (Å²) in [5.41, 5.74) is 2.34. The quantitative estimate of drug-likeness (QED) is 0.424. The number of aryl methyl sites for hydroxylation is 2. The molecule has 0 aliphatic carbocycles. The Morgan fingerprint density at radius 3 is 2.50 bits per heavy atom. The predicted octanol–water partition coefficient (Wildman–Crippen LogP) is 3.85. The Morgan fingerprint density at radius 1 is 0.969 bits per heavy atom. The maximum Gasteiger partial charge on any atom is 0.286 e. The molecule has 9 heteroatoms. The van der Waals surface area contributed by atoms with Crippen molar-refractivity contribution in [1.82, 2.24) is 5.32 Å². The number of nitrogens with one attached hydrogen (secondary N) is 3. The molecule has 0 fully saturated rings. The molecule has 32 heavy (non-hydrogen) atoms. The number of rotatable bonds is 9. The van der Waals surface area contributed by atoms with Gasteiger partial charge in [-0.1, -0.05) is 18.2 Å². The van der Waals surface area contributed by atoms with Crippen molar-refractivity contribution in [3.05, 3.63) is 77.7 Å². The summed E-state index contributed by atoms with van der Waals surface area (Å²) in [4.78, 5) is 24.1. The van der Waals surface area contributed by atoms with Gasteiger partial charge in [0, 0.05) is 24.3 Å². The van der Waals surface area contributed by atoms with Gasteiger partial charge >= 0.3 is 0 Å². The van der Waals surface area contributed by atoms with E-state index in [2.05, 4.69) is 15.4 Å². The Kier molecular flexibility index (Phi) is 7.32. The molecule has 168 valence electrons. The molecule has 1 aromatic heterocycles. The van der Waals surface area contributed by atoms with E-state index in [9.17, 15) is 18.0 Å². The number of anilines is 2.